The molecule has 2 rings (SSSR count). The average Bonchev–Trinajstić information content (AvgIpc) is 2.60. The van der Waals surface area contributed by atoms with E-state index in [0.717, 1.165) is 10.9 Å². The van der Waals surface area contributed by atoms with Gasteiger partial charge in [0.25, 0.3) is 5.91 Å². The van der Waals surface area contributed by atoms with Crippen LogP contribution in [0.4, 0.5) is 5.69 Å². The molecule has 1 N–H and O–H groups in total. The minimum atomic E-state index is -0.417. The maximum absolute atomic E-state index is 12.3. The summed E-state index contributed by atoms with van der Waals surface area (Å²) in [6, 6.07) is 11.7. The Morgan fingerprint density at radius 3 is 2.33 bits per heavy atom. The molecule has 6 heteroatoms. The molecule has 0 aliphatic rings. The lowest BCUT2D eigenvalue weighted by Crippen LogP contribution is -2.12. The van der Waals surface area contributed by atoms with Crippen molar-refractivity contribution in [2.75, 3.05) is 19.0 Å². The van der Waals surface area contributed by atoms with Crippen molar-refractivity contribution in [2.45, 2.75) is 13.3 Å². The number of rotatable bonds is 6. The maximum atomic E-state index is 12.3. The summed E-state index contributed by atoms with van der Waals surface area (Å²) in [4.78, 5) is 23.7. The summed E-state index contributed by atoms with van der Waals surface area (Å²) in [5, 5.41) is 2.78. The summed E-state index contributed by atoms with van der Waals surface area (Å²) in [7, 11) is 1.32. The van der Waals surface area contributed by atoms with Gasteiger partial charge in [0.2, 0.25) is 0 Å². The van der Waals surface area contributed by atoms with Gasteiger partial charge in [-0.05, 0) is 64.8 Å². The molecular formula is C18H18BrNO4. The molecule has 1 amide bonds. The number of hydrogen-bond donors (Lipinski definition) is 1. The first kappa shape index (κ1) is 18.0. The van der Waals surface area contributed by atoms with Crippen molar-refractivity contribution in [2.24, 2.45) is 0 Å². The fourth-order valence-corrected chi connectivity index (χ4v) is 2.48. The van der Waals surface area contributed by atoms with Crippen molar-refractivity contribution in [3.63, 3.8) is 0 Å². The van der Waals surface area contributed by atoms with Crippen LogP contribution in [0.15, 0.2) is 46.9 Å². The lowest BCUT2D eigenvalue weighted by Gasteiger charge is -2.10. The van der Waals surface area contributed by atoms with Crippen LogP contribution in [0.25, 0.3) is 0 Å². The number of methoxy groups -OCH3 is 1. The van der Waals surface area contributed by atoms with Crippen LogP contribution in [0.3, 0.4) is 0 Å². The molecule has 24 heavy (non-hydrogen) atoms. The van der Waals surface area contributed by atoms with Gasteiger partial charge in [-0.1, -0.05) is 6.92 Å². The van der Waals surface area contributed by atoms with Crippen molar-refractivity contribution in [1.29, 1.82) is 0 Å². The van der Waals surface area contributed by atoms with Gasteiger partial charge in [0, 0.05) is 11.3 Å². The Hall–Kier alpha value is -2.34. The van der Waals surface area contributed by atoms with Gasteiger partial charge in [-0.3, -0.25) is 4.79 Å². The molecule has 2 aromatic rings. The van der Waals surface area contributed by atoms with Gasteiger partial charge in [0.15, 0.2) is 0 Å². The quantitative estimate of drug-likeness (QED) is 0.746. The number of halogens is 1. The highest BCUT2D eigenvalue weighted by atomic mass is 79.9. The van der Waals surface area contributed by atoms with Crippen LogP contribution >= 0.6 is 15.9 Å². The molecule has 0 aromatic heterocycles. The summed E-state index contributed by atoms with van der Waals surface area (Å²) in [6.45, 7) is 2.65. The highest BCUT2D eigenvalue weighted by Crippen LogP contribution is 2.26. The second kappa shape index (κ2) is 8.49. The number of anilines is 1. The Labute approximate surface area is 149 Å². The lowest BCUT2D eigenvalue weighted by atomic mass is 10.1. The number of carbonyl (C=O) groups is 2. The monoisotopic (exact) mass is 391 g/mol. The molecular weight excluding hydrogens is 374 g/mol. The summed E-state index contributed by atoms with van der Waals surface area (Å²) in [6.07, 6.45) is 0.913. The smallest absolute Gasteiger partial charge is 0.337 e. The molecule has 0 saturated carbocycles. The van der Waals surface area contributed by atoms with Crippen LogP contribution in [0.1, 0.15) is 34.1 Å². The van der Waals surface area contributed by atoms with E-state index in [2.05, 4.69) is 26.0 Å². The second-order valence-electron chi connectivity index (χ2n) is 5.02. The molecule has 0 spiro atoms. The molecule has 0 bridgehead atoms. The predicted octanol–water partition coefficient (Wildman–Crippen LogP) is 4.28. The van der Waals surface area contributed by atoms with E-state index in [9.17, 15) is 9.59 Å². The fraction of sp³-hybridized carbons (Fsp3) is 0.222. The first-order valence-electron chi connectivity index (χ1n) is 7.47. The summed E-state index contributed by atoms with van der Waals surface area (Å²) in [5.74, 6) is 0.0406. The van der Waals surface area contributed by atoms with E-state index in [0.29, 0.717) is 29.2 Å². The number of hydrogen-bond acceptors (Lipinski definition) is 4. The number of amides is 1. The van der Waals surface area contributed by atoms with Crippen molar-refractivity contribution in [3.05, 3.63) is 58.1 Å². The van der Waals surface area contributed by atoms with Crippen LogP contribution in [-0.4, -0.2) is 25.6 Å². The van der Waals surface area contributed by atoms with Crippen molar-refractivity contribution < 1.29 is 19.1 Å². The minimum absolute atomic E-state index is 0.247. The van der Waals surface area contributed by atoms with Crippen LogP contribution < -0.4 is 10.1 Å². The van der Waals surface area contributed by atoms with Gasteiger partial charge < -0.3 is 14.8 Å². The van der Waals surface area contributed by atoms with Crippen molar-refractivity contribution in [3.8, 4) is 5.75 Å². The summed E-state index contributed by atoms with van der Waals surface area (Å²) >= 11 is 3.41. The van der Waals surface area contributed by atoms with Gasteiger partial charge in [0.1, 0.15) is 5.75 Å². The van der Waals surface area contributed by atoms with Gasteiger partial charge in [0.05, 0.1) is 23.8 Å². The number of esters is 1. The molecule has 0 atom stereocenters. The minimum Gasteiger partial charge on any atom is -0.492 e. The van der Waals surface area contributed by atoms with Gasteiger partial charge in [-0.2, -0.15) is 0 Å². The highest BCUT2D eigenvalue weighted by molar-refractivity contribution is 9.10. The van der Waals surface area contributed by atoms with E-state index in [1.807, 2.05) is 6.92 Å². The Balaban J connectivity index is 2.06. The average molecular weight is 392 g/mol. The molecule has 0 heterocycles. The molecule has 126 valence electrons. The zero-order valence-electron chi connectivity index (χ0n) is 13.5. The van der Waals surface area contributed by atoms with Gasteiger partial charge >= 0.3 is 5.97 Å². The SMILES string of the molecule is CCCOc1ccc(C(=O)Nc2ccc(C(=O)OC)cc2)cc1Br. The number of ether oxygens (including phenoxy) is 2. The van der Waals surface area contributed by atoms with E-state index >= 15 is 0 Å². The highest BCUT2D eigenvalue weighted by Gasteiger charge is 2.10. The number of carbonyl (C=O) groups excluding carboxylic acids is 2. The van der Waals surface area contributed by atoms with Crippen LogP contribution in [0, 0.1) is 0 Å². The first-order valence-corrected chi connectivity index (χ1v) is 8.26. The third-order valence-corrected chi connectivity index (χ3v) is 3.84. The molecule has 0 saturated heterocycles. The Morgan fingerprint density at radius 1 is 1.08 bits per heavy atom. The molecule has 0 aliphatic heterocycles. The van der Waals surface area contributed by atoms with E-state index in [-0.39, 0.29) is 5.91 Å². The number of benzene rings is 2. The topological polar surface area (TPSA) is 64.6 Å². The van der Waals surface area contributed by atoms with Crippen LogP contribution in [-0.2, 0) is 4.74 Å². The normalized spacial score (nSPS) is 10.1. The second-order valence-corrected chi connectivity index (χ2v) is 5.87. The van der Waals surface area contributed by atoms with E-state index in [1.54, 1.807) is 42.5 Å². The maximum Gasteiger partial charge on any atom is 0.337 e. The third-order valence-electron chi connectivity index (χ3n) is 3.22. The largest absolute Gasteiger partial charge is 0.492 e. The van der Waals surface area contributed by atoms with Crippen molar-refractivity contribution >= 4 is 33.5 Å². The molecule has 2 aromatic carbocycles. The predicted molar refractivity (Wildman–Crippen MR) is 95.7 cm³/mol. The Morgan fingerprint density at radius 2 is 1.75 bits per heavy atom. The zero-order chi connectivity index (χ0) is 17.5. The standard InChI is InChI=1S/C18H18BrNO4/c1-3-10-24-16-9-6-13(11-15(16)19)17(21)20-14-7-4-12(5-8-14)18(22)23-2/h4-9,11H,3,10H2,1-2H3,(H,20,21). The third kappa shape index (κ3) is 4.58. The van der Waals surface area contributed by atoms with E-state index < -0.39 is 5.97 Å². The van der Waals surface area contributed by atoms with E-state index in [1.165, 1.54) is 7.11 Å². The molecule has 0 radical (unpaired) electrons. The van der Waals surface area contributed by atoms with Gasteiger partial charge in [-0.25, -0.2) is 4.79 Å². The first-order chi connectivity index (χ1) is 11.5. The van der Waals surface area contributed by atoms with Gasteiger partial charge in [-0.15, -0.1) is 0 Å². The van der Waals surface area contributed by atoms with Crippen LogP contribution in [0.2, 0.25) is 0 Å². The zero-order valence-corrected chi connectivity index (χ0v) is 15.1. The fourth-order valence-electron chi connectivity index (χ4n) is 1.98. The molecule has 0 fully saturated rings. The Kier molecular flexibility index (Phi) is 6.37. The Bertz CT molecular complexity index is 728. The lowest BCUT2D eigenvalue weighted by molar-refractivity contribution is 0.0600. The summed E-state index contributed by atoms with van der Waals surface area (Å²) in [5.41, 5.74) is 1.52. The van der Waals surface area contributed by atoms with E-state index in [4.69, 9.17) is 4.74 Å². The summed E-state index contributed by atoms with van der Waals surface area (Å²) < 4.78 is 10.9. The molecule has 5 nitrogen and oxygen atoms in total. The molecule has 0 aliphatic carbocycles. The van der Waals surface area contributed by atoms with Crippen LogP contribution in [0.5, 0.6) is 5.75 Å². The van der Waals surface area contributed by atoms with Crippen molar-refractivity contribution in [1.82, 2.24) is 0 Å². The molecule has 0 unspecified atom stereocenters. The number of nitrogens with one attached hydrogen (secondary N) is 1.